The molecule has 4 aromatic rings. The Morgan fingerprint density at radius 1 is 1.07 bits per heavy atom. The predicted octanol–water partition coefficient (Wildman–Crippen LogP) is 7.33. The van der Waals surface area contributed by atoms with E-state index in [1.807, 2.05) is 36.6 Å². The fourth-order valence-electron chi connectivity index (χ4n) is 4.73. The zero-order chi connectivity index (χ0) is 30.3. The molecule has 0 aliphatic heterocycles. The Morgan fingerprint density at radius 3 is 2.63 bits per heavy atom. The number of carbonyl (C=O) groups excluding carboxylic acids is 3. The van der Waals surface area contributed by atoms with Crippen LogP contribution in [0.25, 0.3) is 6.08 Å². The molecule has 2 unspecified atom stereocenters. The highest BCUT2D eigenvalue weighted by molar-refractivity contribution is 8.00. The lowest BCUT2D eigenvalue weighted by Gasteiger charge is -2.17. The van der Waals surface area contributed by atoms with E-state index >= 15 is 0 Å². The molecule has 0 saturated heterocycles. The van der Waals surface area contributed by atoms with E-state index in [1.54, 1.807) is 48.5 Å². The number of nitrogens with one attached hydrogen (secondary N) is 3. The minimum atomic E-state index is -0.467. The molecule has 2 aromatic carbocycles. The Hall–Kier alpha value is -4.17. The first kappa shape index (κ1) is 30.3. The molecule has 7 nitrogen and oxygen atoms in total. The Labute approximate surface area is 263 Å². The van der Waals surface area contributed by atoms with Gasteiger partial charge in [-0.1, -0.05) is 37.3 Å². The summed E-state index contributed by atoms with van der Waals surface area (Å²) in [6.45, 7) is 4.03. The number of anilines is 2. The van der Waals surface area contributed by atoms with Crippen molar-refractivity contribution in [3.63, 3.8) is 0 Å². The molecule has 2 heterocycles. The van der Waals surface area contributed by atoms with E-state index < -0.39 is 11.2 Å². The first-order chi connectivity index (χ1) is 20.8. The van der Waals surface area contributed by atoms with Crippen LogP contribution in [0, 0.1) is 17.2 Å². The van der Waals surface area contributed by atoms with Crippen LogP contribution in [-0.2, 0) is 22.4 Å². The Bertz CT molecular complexity index is 1700. The van der Waals surface area contributed by atoms with Gasteiger partial charge in [-0.2, -0.15) is 5.26 Å². The van der Waals surface area contributed by atoms with Crippen LogP contribution in [0.3, 0.4) is 0 Å². The Morgan fingerprint density at radius 2 is 1.88 bits per heavy atom. The number of thiophene rings is 2. The average Bonchev–Trinajstić information content (AvgIpc) is 3.64. The highest BCUT2D eigenvalue weighted by atomic mass is 32.2. The summed E-state index contributed by atoms with van der Waals surface area (Å²) >= 11 is 4.32. The summed E-state index contributed by atoms with van der Waals surface area (Å²) in [5, 5.41) is 20.5. The van der Waals surface area contributed by atoms with Crippen LogP contribution in [0.4, 0.5) is 10.7 Å². The van der Waals surface area contributed by atoms with E-state index in [2.05, 4.69) is 28.9 Å². The summed E-state index contributed by atoms with van der Waals surface area (Å²) in [6, 6.07) is 22.0. The summed E-state index contributed by atoms with van der Waals surface area (Å²) in [5.41, 5.74) is 2.76. The van der Waals surface area contributed by atoms with Crippen molar-refractivity contribution in [2.24, 2.45) is 5.92 Å². The number of thioether (sulfide) groups is 1. The number of carbonyl (C=O) groups is 3. The topological polar surface area (TPSA) is 111 Å². The van der Waals surface area contributed by atoms with Gasteiger partial charge in [0.15, 0.2) is 0 Å². The maximum Gasteiger partial charge on any atom is 0.272 e. The first-order valence-electron chi connectivity index (χ1n) is 13.9. The van der Waals surface area contributed by atoms with Gasteiger partial charge >= 0.3 is 0 Å². The van der Waals surface area contributed by atoms with Crippen molar-refractivity contribution in [1.82, 2.24) is 5.32 Å². The predicted molar refractivity (Wildman–Crippen MR) is 175 cm³/mol. The van der Waals surface area contributed by atoms with Gasteiger partial charge in [-0.15, -0.1) is 34.4 Å². The van der Waals surface area contributed by atoms with Crippen LogP contribution in [0.5, 0.6) is 0 Å². The fraction of sp³-hybridized carbons (Fsp3) is 0.212. The zero-order valence-electron chi connectivity index (χ0n) is 23.7. The molecule has 0 radical (unpaired) electrons. The lowest BCUT2D eigenvalue weighted by molar-refractivity contribution is -0.115. The lowest BCUT2D eigenvalue weighted by atomic mass is 9.89. The summed E-state index contributed by atoms with van der Waals surface area (Å²) in [6.07, 6.45) is 4.50. The summed E-state index contributed by atoms with van der Waals surface area (Å²) in [7, 11) is 0. The second-order valence-electron chi connectivity index (χ2n) is 10.3. The average molecular weight is 627 g/mol. The Kier molecular flexibility index (Phi) is 9.77. The van der Waals surface area contributed by atoms with Gasteiger partial charge in [0.25, 0.3) is 11.8 Å². The molecular formula is C33H30N4O3S3. The van der Waals surface area contributed by atoms with Gasteiger partial charge < -0.3 is 16.0 Å². The van der Waals surface area contributed by atoms with Crippen LogP contribution in [-0.4, -0.2) is 23.0 Å². The molecule has 3 amide bonds. The van der Waals surface area contributed by atoms with E-state index in [9.17, 15) is 19.6 Å². The summed E-state index contributed by atoms with van der Waals surface area (Å²) in [5.74, 6) is -0.466. The molecule has 43 heavy (non-hydrogen) atoms. The second-order valence-corrected chi connectivity index (χ2v) is 13.8. The summed E-state index contributed by atoms with van der Waals surface area (Å²) < 4.78 is 0. The zero-order valence-corrected chi connectivity index (χ0v) is 26.1. The highest BCUT2D eigenvalue weighted by Crippen LogP contribution is 2.39. The van der Waals surface area contributed by atoms with Crippen LogP contribution in [0.1, 0.15) is 51.5 Å². The minimum absolute atomic E-state index is 0.114. The van der Waals surface area contributed by atoms with Gasteiger partial charge in [0.2, 0.25) is 5.91 Å². The van der Waals surface area contributed by atoms with Crippen LogP contribution >= 0.6 is 34.4 Å². The molecule has 10 heteroatoms. The molecule has 218 valence electrons. The quantitative estimate of drug-likeness (QED) is 0.133. The van der Waals surface area contributed by atoms with Gasteiger partial charge in [0, 0.05) is 25.9 Å². The molecule has 0 spiro atoms. The molecule has 0 bridgehead atoms. The number of benzene rings is 2. The Balaban J connectivity index is 1.26. The second kappa shape index (κ2) is 13.9. The highest BCUT2D eigenvalue weighted by Gasteiger charge is 2.26. The van der Waals surface area contributed by atoms with Crippen molar-refractivity contribution in [2.45, 2.75) is 43.3 Å². The molecule has 1 aliphatic carbocycles. The third-order valence-electron chi connectivity index (χ3n) is 6.99. The minimum Gasteiger partial charge on any atom is -0.321 e. The third kappa shape index (κ3) is 7.62. The molecular weight excluding hydrogens is 597 g/mol. The van der Waals surface area contributed by atoms with Crippen LogP contribution in [0.2, 0.25) is 0 Å². The first-order valence-corrected chi connectivity index (χ1v) is 16.4. The van der Waals surface area contributed by atoms with Gasteiger partial charge in [-0.05, 0) is 85.5 Å². The summed E-state index contributed by atoms with van der Waals surface area (Å²) in [4.78, 5) is 42.1. The standard InChI is InChI=1S/C33H30N4O3S3/c1-20-13-14-26-27(19-34)33(43-29(26)16-20)37-30(38)21(2)42-25-11-6-10-23(17-25)35-32(40)28(18-24-12-7-15-41-24)36-31(39)22-8-4-3-5-9-22/h3-12,15,17-18,20-21H,13-14,16H2,1-2H3,(H,35,40)(H,36,39)(H,37,38)/b28-18-. The fourth-order valence-corrected chi connectivity index (χ4v) is 7.68. The van der Waals surface area contributed by atoms with Crippen LogP contribution < -0.4 is 16.0 Å². The van der Waals surface area contributed by atoms with Crippen LogP contribution in [0.15, 0.2) is 82.7 Å². The molecule has 5 rings (SSSR count). The van der Waals surface area contributed by atoms with Crippen molar-refractivity contribution in [2.75, 3.05) is 10.6 Å². The molecule has 2 atom stereocenters. The van der Waals surface area contributed by atoms with E-state index in [0.717, 1.165) is 34.6 Å². The SMILES string of the molecule is CC1CCc2c(sc(NC(=O)C(C)Sc3cccc(NC(=O)/C(=C/c4cccs4)NC(=O)c4ccccc4)c3)c2C#N)C1. The number of amides is 3. The van der Waals surface area contributed by atoms with E-state index in [-0.39, 0.29) is 17.5 Å². The monoisotopic (exact) mass is 626 g/mol. The number of hydrogen-bond acceptors (Lipinski definition) is 7. The number of rotatable bonds is 9. The lowest BCUT2D eigenvalue weighted by Crippen LogP contribution is -2.30. The maximum absolute atomic E-state index is 13.3. The van der Waals surface area contributed by atoms with Gasteiger partial charge in [0.1, 0.15) is 16.8 Å². The van der Waals surface area contributed by atoms with Gasteiger partial charge in [-0.3, -0.25) is 14.4 Å². The van der Waals surface area contributed by atoms with Crippen molar-refractivity contribution < 1.29 is 14.4 Å². The molecule has 0 saturated carbocycles. The molecule has 0 fully saturated rings. The number of hydrogen-bond donors (Lipinski definition) is 3. The maximum atomic E-state index is 13.3. The van der Waals surface area contributed by atoms with E-state index in [0.29, 0.717) is 27.7 Å². The van der Waals surface area contributed by atoms with E-state index in [4.69, 9.17) is 0 Å². The number of nitriles is 1. The number of nitrogens with zero attached hydrogens (tertiary/aromatic N) is 1. The molecule has 2 aromatic heterocycles. The largest absolute Gasteiger partial charge is 0.321 e. The van der Waals surface area contributed by atoms with Crippen molar-refractivity contribution >= 4 is 68.9 Å². The molecule has 3 N–H and O–H groups in total. The van der Waals surface area contributed by atoms with Crippen molar-refractivity contribution in [3.05, 3.63) is 104 Å². The number of fused-ring (bicyclic) bond motifs is 1. The normalized spacial score (nSPS) is 15.1. The van der Waals surface area contributed by atoms with Crippen molar-refractivity contribution in [1.29, 1.82) is 5.26 Å². The molecule has 1 aliphatic rings. The third-order valence-corrected chi connectivity index (χ3v) is 10.1. The van der Waals surface area contributed by atoms with E-state index in [1.165, 1.54) is 39.3 Å². The van der Waals surface area contributed by atoms with Gasteiger partial charge in [0.05, 0.1) is 10.8 Å². The smallest absolute Gasteiger partial charge is 0.272 e. The van der Waals surface area contributed by atoms with Gasteiger partial charge in [-0.25, -0.2) is 0 Å². The van der Waals surface area contributed by atoms with Crippen molar-refractivity contribution in [3.8, 4) is 6.07 Å².